The number of aryl methyl sites for hydroxylation is 2. The van der Waals surface area contributed by atoms with Crippen LogP contribution in [0.1, 0.15) is 16.9 Å². The van der Waals surface area contributed by atoms with Gasteiger partial charge >= 0.3 is 5.69 Å². The average Bonchev–Trinajstić information content (AvgIpc) is 3.57. The molecule has 0 spiro atoms. The van der Waals surface area contributed by atoms with Crippen LogP contribution >= 0.6 is 11.3 Å². The molecular formula is C25H21N5O3S. The highest BCUT2D eigenvalue weighted by molar-refractivity contribution is 7.19. The van der Waals surface area contributed by atoms with Crippen LogP contribution in [-0.2, 0) is 24.2 Å². The Morgan fingerprint density at radius 1 is 1.15 bits per heavy atom. The van der Waals surface area contributed by atoms with Gasteiger partial charge in [0.2, 0.25) is 5.91 Å². The predicted molar refractivity (Wildman–Crippen MR) is 132 cm³/mol. The molecule has 0 atom stereocenters. The SMILES string of the molecule is COc1cccc(NC(=O)Cn2c(=O)n3nc(-c4ccccc4)nc3c3c4c(sc32)CCC4)c1. The Balaban J connectivity index is 1.47. The number of rotatable bonds is 5. The van der Waals surface area contributed by atoms with E-state index in [1.54, 1.807) is 42.7 Å². The Kier molecular flexibility index (Phi) is 4.91. The number of hydrogen-bond acceptors (Lipinski definition) is 6. The maximum Gasteiger partial charge on any atom is 0.352 e. The number of methoxy groups -OCH3 is 1. The van der Waals surface area contributed by atoms with Crippen LogP contribution in [0.2, 0.25) is 0 Å². The summed E-state index contributed by atoms with van der Waals surface area (Å²) in [5.74, 6) is 0.841. The van der Waals surface area contributed by atoms with Crippen LogP contribution in [0.15, 0.2) is 59.4 Å². The molecule has 0 bridgehead atoms. The number of fused-ring (bicyclic) bond motifs is 5. The zero-order valence-corrected chi connectivity index (χ0v) is 19.3. The largest absolute Gasteiger partial charge is 0.497 e. The summed E-state index contributed by atoms with van der Waals surface area (Å²) < 4.78 is 8.09. The summed E-state index contributed by atoms with van der Waals surface area (Å²) in [7, 11) is 1.57. The molecule has 0 radical (unpaired) electrons. The minimum Gasteiger partial charge on any atom is -0.497 e. The van der Waals surface area contributed by atoms with E-state index in [-0.39, 0.29) is 18.1 Å². The van der Waals surface area contributed by atoms with E-state index in [0.717, 1.165) is 35.0 Å². The molecule has 3 aromatic heterocycles. The van der Waals surface area contributed by atoms with Crippen LogP contribution in [0.4, 0.5) is 5.69 Å². The molecule has 0 saturated heterocycles. The van der Waals surface area contributed by atoms with Crippen LogP contribution in [0.3, 0.4) is 0 Å². The minimum atomic E-state index is -0.377. The second-order valence-electron chi connectivity index (χ2n) is 8.22. The lowest BCUT2D eigenvalue weighted by atomic mass is 10.2. The monoisotopic (exact) mass is 471 g/mol. The molecule has 0 saturated carbocycles. The number of thiophene rings is 1. The third-order valence-corrected chi connectivity index (χ3v) is 7.39. The molecule has 9 heteroatoms. The zero-order valence-electron chi connectivity index (χ0n) is 18.4. The number of hydrogen-bond donors (Lipinski definition) is 1. The quantitative estimate of drug-likeness (QED) is 0.420. The molecule has 0 aliphatic heterocycles. The summed E-state index contributed by atoms with van der Waals surface area (Å²) in [6, 6.07) is 16.7. The van der Waals surface area contributed by atoms with Crippen molar-refractivity contribution in [3.05, 3.63) is 75.5 Å². The molecule has 3 heterocycles. The van der Waals surface area contributed by atoms with Gasteiger partial charge in [0.05, 0.1) is 12.5 Å². The molecule has 1 amide bonds. The van der Waals surface area contributed by atoms with E-state index >= 15 is 0 Å². The maximum absolute atomic E-state index is 13.5. The van der Waals surface area contributed by atoms with Gasteiger partial charge in [0.25, 0.3) is 0 Å². The Morgan fingerprint density at radius 3 is 2.82 bits per heavy atom. The second kappa shape index (κ2) is 8.11. The van der Waals surface area contributed by atoms with Crippen LogP contribution in [0, 0.1) is 0 Å². The van der Waals surface area contributed by atoms with Gasteiger partial charge in [-0.25, -0.2) is 9.78 Å². The summed E-state index contributed by atoms with van der Waals surface area (Å²) in [4.78, 5) is 33.3. The van der Waals surface area contributed by atoms with E-state index in [2.05, 4.69) is 10.4 Å². The number of benzene rings is 2. The Morgan fingerprint density at radius 2 is 2.00 bits per heavy atom. The fourth-order valence-corrected chi connectivity index (χ4v) is 5.89. The predicted octanol–water partition coefficient (Wildman–Crippen LogP) is 3.91. The molecule has 170 valence electrons. The van der Waals surface area contributed by atoms with Gasteiger partial charge in [0, 0.05) is 22.2 Å². The molecule has 5 aromatic rings. The first-order valence-corrected chi connectivity index (χ1v) is 11.9. The fraction of sp³-hybridized carbons (Fsp3) is 0.200. The summed E-state index contributed by atoms with van der Waals surface area (Å²) in [6.45, 7) is -0.123. The molecule has 2 aromatic carbocycles. The number of nitrogens with one attached hydrogen (secondary N) is 1. The van der Waals surface area contributed by atoms with Gasteiger partial charge < -0.3 is 10.1 Å². The molecule has 0 unspecified atom stereocenters. The van der Waals surface area contributed by atoms with Gasteiger partial charge in [-0.15, -0.1) is 16.4 Å². The summed E-state index contributed by atoms with van der Waals surface area (Å²) in [6.07, 6.45) is 3.00. The van der Waals surface area contributed by atoms with Crippen molar-refractivity contribution in [2.75, 3.05) is 12.4 Å². The first kappa shape index (κ1) is 20.6. The molecule has 0 fully saturated rings. The Labute approximate surface area is 198 Å². The summed E-state index contributed by atoms with van der Waals surface area (Å²) in [5, 5.41) is 8.34. The fourth-order valence-electron chi connectivity index (χ4n) is 4.51. The average molecular weight is 472 g/mol. The summed E-state index contributed by atoms with van der Waals surface area (Å²) >= 11 is 1.58. The molecule has 1 N–H and O–H groups in total. The number of anilines is 1. The molecule has 6 rings (SSSR count). The van der Waals surface area contributed by atoms with E-state index in [0.29, 0.717) is 22.9 Å². The third kappa shape index (κ3) is 3.36. The first-order chi connectivity index (χ1) is 16.6. The number of aromatic nitrogens is 4. The molecule has 1 aliphatic carbocycles. The standard InChI is InChI=1S/C25H21N5O3S/c1-33-17-10-5-9-16(13-17)26-20(31)14-29-24-21(18-11-6-12-19(18)34-24)23-27-22(28-30(23)25(29)32)15-7-3-2-4-8-15/h2-5,7-10,13H,6,11-12,14H2,1H3,(H,26,31). The number of carbonyl (C=O) groups excluding carboxylic acids is 1. The topological polar surface area (TPSA) is 90.5 Å². The lowest BCUT2D eigenvalue weighted by molar-refractivity contribution is -0.116. The first-order valence-electron chi connectivity index (χ1n) is 11.1. The smallest absolute Gasteiger partial charge is 0.352 e. The highest BCUT2D eigenvalue weighted by atomic mass is 32.1. The van der Waals surface area contributed by atoms with Crippen molar-refractivity contribution in [2.24, 2.45) is 0 Å². The van der Waals surface area contributed by atoms with E-state index in [1.807, 2.05) is 30.3 Å². The van der Waals surface area contributed by atoms with Crippen molar-refractivity contribution in [3.63, 3.8) is 0 Å². The third-order valence-electron chi connectivity index (χ3n) is 6.08. The van der Waals surface area contributed by atoms with Crippen LogP contribution < -0.4 is 15.7 Å². The van der Waals surface area contributed by atoms with Crippen molar-refractivity contribution in [1.82, 2.24) is 19.2 Å². The number of amides is 1. The Hall–Kier alpha value is -3.98. The van der Waals surface area contributed by atoms with Gasteiger partial charge in [0.15, 0.2) is 11.5 Å². The van der Waals surface area contributed by atoms with Crippen molar-refractivity contribution >= 4 is 38.8 Å². The molecular weight excluding hydrogens is 450 g/mol. The molecule has 1 aliphatic rings. The van der Waals surface area contributed by atoms with Gasteiger partial charge in [-0.05, 0) is 37.0 Å². The normalized spacial score (nSPS) is 12.9. The summed E-state index contributed by atoms with van der Waals surface area (Å²) in [5.41, 5.74) is 2.85. The van der Waals surface area contributed by atoms with Gasteiger partial charge in [-0.2, -0.15) is 4.52 Å². The molecule has 8 nitrogen and oxygen atoms in total. The van der Waals surface area contributed by atoms with E-state index < -0.39 is 0 Å². The van der Waals surface area contributed by atoms with Crippen molar-refractivity contribution in [2.45, 2.75) is 25.8 Å². The van der Waals surface area contributed by atoms with Gasteiger partial charge in [-0.1, -0.05) is 36.4 Å². The van der Waals surface area contributed by atoms with Crippen LogP contribution in [-0.4, -0.2) is 32.2 Å². The number of carbonyl (C=O) groups is 1. The lowest BCUT2D eigenvalue weighted by Crippen LogP contribution is -2.32. The van der Waals surface area contributed by atoms with Crippen LogP contribution in [0.5, 0.6) is 5.75 Å². The van der Waals surface area contributed by atoms with Crippen molar-refractivity contribution in [3.8, 4) is 17.1 Å². The van der Waals surface area contributed by atoms with Crippen LogP contribution in [0.25, 0.3) is 27.3 Å². The van der Waals surface area contributed by atoms with E-state index in [4.69, 9.17) is 9.72 Å². The Bertz CT molecular complexity index is 1620. The van der Waals surface area contributed by atoms with Crippen molar-refractivity contribution < 1.29 is 9.53 Å². The number of nitrogens with zero attached hydrogens (tertiary/aromatic N) is 4. The van der Waals surface area contributed by atoms with Gasteiger partial charge in [-0.3, -0.25) is 9.36 Å². The van der Waals surface area contributed by atoms with Gasteiger partial charge in [0.1, 0.15) is 17.1 Å². The molecule has 34 heavy (non-hydrogen) atoms. The second-order valence-corrected chi connectivity index (χ2v) is 9.31. The minimum absolute atomic E-state index is 0.123. The van der Waals surface area contributed by atoms with Crippen molar-refractivity contribution in [1.29, 1.82) is 0 Å². The highest BCUT2D eigenvalue weighted by Crippen LogP contribution is 2.38. The zero-order chi connectivity index (χ0) is 23.2. The highest BCUT2D eigenvalue weighted by Gasteiger charge is 2.26. The van der Waals surface area contributed by atoms with E-state index in [9.17, 15) is 9.59 Å². The number of ether oxygens (including phenoxy) is 1. The van der Waals surface area contributed by atoms with E-state index in [1.165, 1.54) is 19.5 Å². The maximum atomic E-state index is 13.5. The lowest BCUT2D eigenvalue weighted by Gasteiger charge is -2.10.